The smallest absolute Gasteiger partial charge is 0.238 e. The van der Waals surface area contributed by atoms with Crippen LogP contribution in [0, 0.1) is 6.92 Å². The number of benzene rings is 3. The largest absolute Gasteiger partial charge is 0.508 e. The summed E-state index contributed by atoms with van der Waals surface area (Å²) in [6, 6.07) is 23.7. The highest BCUT2D eigenvalue weighted by Crippen LogP contribution is 2.16. The van der Waals surface area contributed by atoms with Gasteiger partial charge in [-0.25, -0.2) is 13.6 Å². The second-order valence-corrected chi connectivity index (χ2v) is 8.27. The van der Waals surface area contributed by atoms with Crippen LogP contribution in [0.25, 0.3) is 5.57 Å². The fraction of sp³-hybridized carbons (Fsp3) is 0.125. The Morgan fingerprint density at radius 2 is 1.47 bits per heavy atom. The molecule has 0 fully saturated rings. The number of phenolic OH excluding ortho intramolecular Hbond substituents is 1. The summed E-state index contributed by atoms with van der Waals surface area (Å²) < 4.78 is 21.4. The van der Waals surface area contributed by atoms with Crippen molar-refractivity contribution in [1.82, 2.24) is 0 Å². The van der Waals surface area contributed by atoms with E-state index in [1.165, 1.54) is 17.7 Å². The summed E-state index contributed by atoms with van der Waals surface area (Å²) >= 11 is 0. The van der Waals surface area contributed by atoms with E-state index in [1.54, 1.807) is 31.3 Å². The van der Waals surface area contributed by atoms with Crippen LogP contribution in [0.15, 0.2) is 94.8 Å². The maximum atomic E-state index is 10.7. The quantitative estimate of drug-likeness (QED) is 0.604. The lowest BCUT2D eigenvalue weighted by atomic mass is 10.0. The fourth-order valence-corrected chi connectivity index (χ4v) is 3.14. The molecule has 3 aromatic rings. The molecular weight excluding hydrogens is 396 g/mol. The van der Waals surface area contributed by atoms with Gasteiger partial charge in [0.15, 0.2) is 0 Å². The molecule has 0 aliphatic heterocycles. The van der Waals surface area contributed by atoms with E-state index in [-0.39, 0.29) is 10.6 Å². The first-order chi connectivity index (χ1) is 14.2. The van der Waals surface area contributed by atoms with Gasteiger partial charge in [-0.1, -0.05) is 48.0 Å². The van der Waals surface area contributed by atoms with E-state index in [2.05, 4.69) is 30.1 Å². The minimum Gasteiger partial charge on any atom is -0.508 e. The van der Waals surface area contributed by atoms with Gasteiger partial charge in [0.25, 0.3) is 0 Å². The first-order valence-corrected chi connectivity index (χ1v) is 10.8. The van der Waals surface area contributed by atoms with Gasteiger partial charge >= 0.3 is 0 Å². The Bertz CT molecular complexity index is 1120. The maximum Gasteiger partial charge on any atom is 0.238 e. The van der Waals surface area contributed by atoms with Gasteiger partial charge in [0.1, 0.15) is 5.75 Å². The van der Waals surface area contributed by atoms with Crippen LogP contribution < -0.4 is 5.14 Å². The Labute approximate surface area is 178 Å². The number of aryl methyl sites for hydroxylation is 1. The zero-order valence-electron chi connectivity index (χ0n) is 17.3. The monoisotopic (exact) mass is 422 g/mol. The molecule has 0 bridgehead atoms. The molecule has 0 saturated carbocycles. The number of aliphatic imine (C=N–C) groups is 1. The van der Waals surface area contributed by atoms with E-state index in [0.717, 1.165) is 22.4 Å². The standard InChI is InChI=1S/C17H17NO.C7H9NO2S/c1-13(14-6-4-3-5-7-14)12-17(18-2)15-8-10-16(19)11-9-15;1-6-2-4-7(5-3-6)11(8,9)10/h3-12,19H,1-2H3;2-5H,1H3,(H2,8,9,10)/b13-12+,18-17?;. The van der Waals surface area contributed by atoms with Crippen molar-refractivity contribution < 1.29 is 13.5 Å². The topological polar surface area (TPSA) is 92.8 Å². The van der Waals surface area contributed by atoms with E-state index in [0.29, 0.717) is 0 Å². The molecule has 5 nitrogen and oxygen atoms in total. The summed E-state index contributed by atoms with van der Waals surface area (Å²) in [5.41, 5.74) is 5.26. The SMILES string of the molecule is CN=C(/C=C(\C)c1ccccc1)c1ccc(O)cc1.Cc1ccc(S(N)(=O)=O)cc1. The summed E-state index contributed by atoms with van der Waals surface area (Å²) in [5.74, 6) is 0.267. The fourth-order valence-electron chi connectivity index (χ4n) is 2.63. The summed E-state index contributed by atoms with van der Waals surface area (Å²) in [6.07, 6.45) is 2.06. The minimum atomic E-state index is -3.52. The highest BCUT2D eigenvalue weighted by atomic mass is 32.2. The Morgan fingerprint density at radius 3 is 1.97 bits per heavy atom. The van der Waals surface area contributed by atoms with Crippen LogP contribution in [0.3, 0.4) is 0 Å². The second kappa shape index (κ2) is 10.5. The van der Waals surface area contributed by atoms with Gasteiger partial charge in [-0.15, -0.1) is 0 Å². The van der Waals surface area contributed by atoms with Gasteiger partial charge in [0, 0.05) is 7.05 Å². The lowest BCUT2D eigenvalue weighted by Crippen LogP contribution is -2.11. The van der Waals surface area contributed by atoms with Crippen molar-refractivity contribution in [2.45, 2.75) is 18.7 Å². The lowest BCUT2D eigenvalue weighted by molar-refractivity contribution is 0.475. The third-order valence-electron chi connectivity index (χ3n) is 4.34. The predicted octanol–water partition coefficient (Wildman–Crippen LogP) is 4.56. The zero-order valence-corrected chi connectivity index (χ0v) is 18.1. The van der Waals surface area contributed by atoms with Crippen molar-refractivity contribution in [3.05, 3.63) is 102 Å². The molecular formula is C24H26N2O3S. The normalized spacial score (nSPS) is 12.1. The van der Waals surface area contributed by atoms with Gasteiger partial charge in [-0.2, -0.15) is 0 Å². The number of rotatable bonds is 4. The molecule has 0 saturated heterocycles. The lowest BCUT2D eigenvalue weighted by Gasteiger charge is -2.05. The Hall–Kier alpha value is -3.22. The molecule has 0 unspecified atom stereocenters. The van der Waals surface area contributed by atoms with Gasteiger partial charge in [-0.05, 0) is 73.0 Å². The van der Waals surface area contributed by atoms with Crippen LogP contribution >= 0.6 is 0 Å². The third-order valence-corrected chi connectivity index (χ3v) is 5.27. The number of primary sulfonamides is 1. The molecule has 30 heavy (non-hydrogen) atoms. The Balaban J connectivity index is 0.000000248. The number of sulfonamides is 1. The van der Waals surface area contributed by atoms with E-state index in [9.17, 15) is 13.5 Å². The second-order valence-electron chi connectivity index (χ2n) is 6.71. The average Bonchev–Trinajstić information content (AvgIpc) is 2.73. The van der Waals surface area contributed by atoms with Crippen LogP contribution in [-0.4, -0.2) is 26.3 Å². The van der Waals surface area contributed by atoms with E-state index in [4.69, 9.17) is 5.14 Å². The number of hydrogen-bond acceptors (Lipinski definition) is 4. The molecule has 0 spiro atoms. The van der Waals surface area contributed by atoms with E-state index >= 15 is 0 Å². The maximum absolute atomic E-state index is 10.7. The average molecular weight is 423 g/mol. The molecule has 0 atom stereocenters. The number of aromatic hydroxyl groups is 1. The van der Waals surface area contributed by atoms with Crippen molar-refractivity contribution in [1.29, 1.82) is 0 Å². The molecule has 0 amide bonds. The molecule has 0 aliphatic carbocycles. The number of allylic oxidation sites excluding steroid dienone is 2. The first-order valence-electron chi connectivity index (χ1n) is 9.30. The van der Waals surface area contributed by atoms with Gasteiger partial charge < -0.3 is 5.11 Å². The first kappa shape index (κ1) is 23.1. The molecule has 3 rings (SSSR count). The molecule has 3 N–H and O–H groups in total. The van der Waals surface area contributed by atoms with Crippen LogP contribution in [0.2, 0.25) is 0 Å². The summed E-state index contributed by atoms with van der Waals surface area (Å²) in [5, 5.41) is 14.2. The van der Waals surface area contributed by atoms with Crippen molar-refractivity contribution in [2.75, 3.05) is 7.05 Å². The van der Waals surface area contributed by atoms with Crippen LogP contribution in [0.4, 0.5) is 0 Å². The molecule has 3 aromatic carbocycles. The van der Waals surface area contributed by atoms with Crippen LogP contribution in [0.1, 0.15) is 23.6 Å². The summed E-state index contributed by atoms with van der Waals surface area (Å²) in [7, 11) is -1.74. The molecule has 6 heteroatoms. The zero-order chi connectivity index (χ0) is 22.1. The molecule has 0 aliphatic rings. The minimum absolute atomic E-state index is 0.156. The van der Waals surface area contributed by atoms with Gasteiger partial charge in [0.2, 0.25) is 10.0 Å². The number of hydrogen-bond donors (Lipinski definition) is 2. The van der Waals surface area contributed by atoms with Crippen molar-refractivity contribution in [2.24, 2.45) is 10.1 Å². The van der Waals surface area contributed by atoms with Crippen molar-refractivity contribution in [3.63, 3.8) is 0 Å². The van der Waals surface area contributed by atoms with Crippen molar-refractivity contribution in [3.8, 4) is 5.75 Å². The molecule has 0 radical (unpaired) electrons. The number of phenols is 1. The van der Waals surface area contributed by atoms with Crippen LogP contribution in [0.5, 0.6) is 5.75 Å². The number of nitrogens with zero attached hydrogens (tertiary/aromatic N) is 1. The van der Waals surface area contributed by atoms with Gasteiger partial charge in [0.05, 0.1) is 10.6 Å². The molecule has 0 heterocycles. The molecule has 0 aromatic heterocycles. The van der Waals surface area contributed by atoms with E-state index in [1.807, 2.05) is 37.3 Å². The molecule has 156 valence electrons. The highest BCUT2D eigenvalue weighted by molar-refractivity contribution is 7.89. The highest BCUT2D eigenvalue weighted by Gasteiger charge is 2.05. The Morgan fingerprint density at radius 1 is 0.900 bits per heavy atom. The summed E-state index contributed by atoms with van der Waals surface area (Å²) in [6.45, 7) is 3.95. The van der Waals surface area contributed by atoms with Crippen LogP contribution in [-0.2, 0) is 10.0 Å². The third kappa shape index (κ3) is 6.99. The van der Waals surface area contributed by atoms with E-state index < -0.39 is 10.0 Å². The summed E-state index contributed by atoms with van der Waals surface area (Å²) in [4.78, 5) is 4.47. The Kier molecular flexibility index (Phi) is 8.09. The predicted molar refractivity (Wildman–Crippen MR) is 123 cm³/mol. The number of nitrogens with two attached hydrogens (primary N) is 1. The van der Waals surface area contributed by atoms with Crippen molar-refractivity contribution >= 4 is 21.3 Å². The van der Waals surface area contributed by atoms with Gasteiger partial charge in [-0.3, -0.25) is 4.99 Å².